The number of benzene rings is 1. The first-order valence-electron chi connectivity index (χ1n) is 8.13. The van der Waals surface area contributed by atoms with Gasteiger partial charge in [-0.3, -0.25) is 4.98 Å². The SMILES string of the molecule is Clc1ccc2c(c1)C=Cc1cc(Br)cnc1C2(I)C1CCNCC1. The van der Waals surface area contributed by atoms with Crippen molar-refractivity contribution in [3.63, 3.8) is 0 Å². The van der Waals surface area contributed by atoms with Crippen LogP contribution >= 0.6 is 50.1 Å². The maximum absolute atomic E-state index is 6.28. The van der Waals surface area contributed by atoms with Crippen LogP contribution in [0.3, 0.4) is 0 Å². The summed E-state index contributed by atoms with van der Waals surface area (Å²) in [6, 6.07) is 8.44. The fourth-order valence-electron chi connectivity index (χ4n) is 3.83. The molecule has 0 spiro atoms. The van der Waals surface area contributed by atoms with E-state index in [1.807, 2.05) is 12.3 Å². The molecular weight excluding hydrogens is 498 g/mol. The highest BCUT2D eigenvalue weighted by Gasteiger charge is 2.44. The molecule has 0 radical (unpaired) electrons. The summed E-state index contributed by atoms with van der Waals surface area (Å²) in [7, 11) is 0. The van der Waals surface area contributed by atoms with Crippen LogP contribution in [0.5, 0.6) is 0 Å². The second-order valence-corrected chi connectivity index (χ2v) is 9.45. The molecule has 24 heavy (non-hydrogen) atoms. The molecule has 1 saturated heterocycles. The minimum atomic E-state index is -0.140. The van der Waals surface area contributed by atoms with Gasteiger partial charge in [0.15, 0.2) is 0 Å². The molecule has 1 N–H and O–H groups in total. The average Bonchev–Trinajstić information content (AvgIpc) is 2.71. The Bertz CT molecular complexity index is 760. The molecule has 1 atom stereocenters. The highest BCUT2D eigenvalue weighted by Crippen LogP contribution is 2.52. The maximum Gasteiger partial charge on any atom is 0.0930 e. The van der Waals surface area contributed by atoms with Gasteiger partial charge in [-0.2, -0.15) is 0 Å². The van der Waals surface area contributed by atoms with Crippen molar-refractivity contribution in [1.82, 2.24) is 10.3 Å². The normalized spacial score (nSPS) is 23.5. The lowest BCUT2D eigenvalue weighted by molar-refractivity contribution is 0.328. The lowest BCUT2D eigenvalue weighted by Gasteiger charge is -2.39. The molecule has 0 amide bonds. The van der Waals surface area contributed by atoms with Crippen LogP contribution in [0.15, 0.2) is 34.9 Å². The highest BCUT2D eigenvalue weighted by atomic mass is 127. The van der Waals surface area contributed by atoms with Gasteiger partial charge in [0.2, 0.25) is 0 Å². The van der Waals surface area contributed by atoms with E-state index in [1.54, 1.807) is 0 Å². The molecule has 2 heterocycles. The quantitative estimate of drug-likeness (QED) is 0.392. The zero-order valence-corrected chi connectivity index (χ0v) is 17.5. The summed E-state index contributed by atoms with van der Waals surface area (Å²) in [5.74, 6) is 0.548. The summed E-state index contributed by atoms with van der Waals surface area (Å²) < 4.78 is 0.873. The predicted octanol–water partition coefficient (Wildman–Crippen LogP) is 5.66. The summed E-state index contributed by atoms with van der Waals surface area (Å²) >= 11 is 12.5. The number of halogens is 3. The molecule has 2 aromatic rings. The molecule has 1 aliphatic heterocycles. The smallest absolute Gasteiger partial charge is 0.0930 e. The number of pyridine rings is 1. The average molecular weight is 516 g/mol. The number of rotatable bonds is 1. The largest absolute Gasteiger partial charge is 0.317 e. The standard InChI is InChI=1S/C19H17BrClIN2/c20-15-9-13-2-1-12-10-16(21)3-4-17(12)19(22,18(13)24-11-15)14-5-7-23-8-6-14/h1-4,9-11,14,23H,5-8H2. The molecule has 1 aromatic carbocycles. The summed E-state index contributed by atoms with van der Waals surface area (Å²) in [6.07, 6.45) is 8.58. The number of alkyl halides is 1. The molecule has 2 aliphatic rings. The van der Waals surface area contributed by atoms with Crippen molar-refractivity contribution in [3.05, 3.63) is 62.3 Å². The fourth-order valence-corrected chi connectivity index (χ4v) is 5.92. The van der Waals surface area contributed by atoms with E-state index in [4.69, 9.17) is 16.6 Å². The third-order valence-corrected chi connectivity index (χ3v) is 7.62. The van der Waals surface area contributed by atoms with Crippen molar-refractivity contribution in [2.75, 3.05) is 13.1 Å². The van der Waals surface area contributed by atoms with Crippen molar-refractivity contribution in [2.45, 2.75) is 16.3 Å². The molecule has 5 heteroatoms. The Balaban J connectivity index is 1.98. The van der Waals surface area contributed by atoms with Gasteiger partial charge < -0.3 is 5.32 Å². The van der Waals surface area contributed by atoms with Crippen molar-refractivity contribution < 1.29 is 0 Å². The highest BCUT2D eigenvalue weighted by molar-refractivity contribution is 14.1. The Kier molecular flexibility index (Phi) is 4.75. The van der Waals surface area contributed by atoms with Crippen LogP contribution in [-0.2, 0) is 3.42 Å². The zero-order chi connectivity index (χ0) is 16.7. The van der Waals surface area contributed by atoms with Crippen molar-refractivity contribution >= 4 is 62.3 Å². The van der Waals surface area contributed by atoms with Gasteiger partial charge in [-0.25, -0.2) is 0 Å². The molecule has 1 unspecified atom stereocenters. The number of piperidine rings is 1. The Labute approximate surface area is 169 Å². The molecule has 4 rings (SSSR count). The second-order valence-electron chi connectivity index (χ2n) is 6.39. The Morgan fingerprint density at radius 1 is 1.17 bits per heavy atom. The van der Waals surface area contributed by atoms with E-state index < -0.39 is 0 Å². The minimum absolute atomic E-state index is 0.140. The van der Waals surface area contributed by atoms with Gasteiger partial charge in [0, 0.05) is 15.7 Å². The number of nitrogens with one attached hydrogen (secondary N) is 1. The van der Waals surface area contributed by atoms with Crippen LogP contribution in [0.2, 0.25) is 5.02 Å². The van der Waals surface area contributed by atoms with Gasteiger partial charge >= 0.3 is 0 Å². The number of fused-ring (bicyclic) bond motifs is 2. The molecule has 124 valence electrons. The predicted molar refractivity (Wildman–Crippen MR) is 113 cm³/mol. The summed E-state index contributed by atoms with van der Waals surface area (Å²) in [6.45, 7) is 2.13. The van der Waals surface area contributed by atoms with E-state index in [0.717, 1.165) is 41.1 Å². The number of hydrogen-bond acceptors (Lipinski definition) is 2. The summed E-state index contributed by atoms with van der Waals surface area (Å²) in [5.41, 5.74) is 4.87. The van der Waals surface area contributed by atoms with Crippen molar-refractivity contribution in [1.29, 1.82) is 0 Å². The summed E-state index contributed by atoms with van der Waals surface area (Å²) in [4.78, 5) is 4.87. The molecular formula is C19H17BrClIN2. The van der Waals surface area contributed by atoms with E-state index in [-0.39, 0.29) is 3.42 Å². The Hall–Kier alpha value is -0.430. The topological polar surface area (TPSA) is 24.9 Å². The Morgan fingerprint density at radius 3 is 2.71 bits per heavy atom. The summed E-state index contributed by atoms with van der Waals surface area (Å²) in [5, 5.41) is 4.26. The van der Waals surface area contributed by atoms with Crippen molar-refractivity contribution in [2.24, 2.45) is 5.92 Å². The minimum Gasteiger partial charge on any atom is -0.317 e. The molecule has 0 saturated carbocycles. The van der Waals surface area contributed by atoms with Crippen LogP contribution < -0.4 is 5.32 Å². The van der Waals surface area contributed by atoms with E-state index in [1.165, 1.54) is 16.7 Å². The van der Waals surface area contributed by atoms with Crippen LogP contribution in [-0.4, -0.2) is 18.1 Å². The third kappa shape index (κ3) is 2.85. The van der Waals surface area contributed by atoms with Crippen LogP contribution in [0.25, 0.3) is 12.2 Å². The van der Waals surface area contributed by atoms with Gasteiger partial charge in [-0.15, -0.1) is 0 Å². The number of nitrogens with zero attached hydrogens (tertiary/aromatic N) is 1. The van der Waals surface area contributed by atoms with Gasteiger partial charge in [-0.05, 0) is 82.7 Å². The van der Waals surface area contributed by atoms with Crippen LogP contribution in [0.1, 0.15) is 35.2 Å². The fraction of sp³-hybridized carbons (Fsp3) is 0.316. The molecule has 1 aromatic heterocycles. The molecule has 2 nitrogen and oxygen atoms in total. The van der Waals surface area contributed by atoms with E-state index in [2.05, 4.69) is 74.2 Å². The first kappa shape index (κ1) is 17.0. The number of aromatic nitrogens is 1. The first-order chi connectivity index (χ1) is 11.6. The van der Waals surface area contributed by atoms with E-state index in [9.17, 15) is 0 Å². The van der Waals surface area contributed by atoms with Crippen LogP contribution in [0.4, 0.5) is 0 Å². The molecule has 1 fully saturated rings. The van der Waals surface area contributed by atoms with Gasteiger partial charge in [0.1, 0.15) is 0 Å². The van der Waals surface area contributed by atoms with Crippen molar-refractivity contribution in [3.8, 4) is 0 Å². The molecule has 0 bridgehead atoms. The van der Waals surface area contributed by atoms with Crippen LogP contribution in [0, 0.1) is 5.92 Å². The lowest BCUT2D eigenvalue weighted by Crippen LogP contribution is -2.39. The Morgan fingerprint density at radius 2 is 1.92 bits per heavy atom. The number of hydrogen-bond donors (Lipinski definition) is 1. The van der Waals surface area contributed by atoms with Gasteiger partial charge in [-0.1, -0.05) is 52.4 Å². The molecule has 1 aliphatic carbocycles. The lowest BCUT2D eigenvalue weighted by atomic mass is 9.76. The van der Waals surface area contributed by atoms with Gasteiger partial charge in [0.05, 0.1) is 9.12 Å². The first-order valence-corrected chi connectivity index (χ1v) is 10.4. The van der Waals surface area contributed by atoms with E-state index >= 15 is 0 Å². The third-order valence-electron chi connectivity index (χ3n) is 4.98. The zero-order valence-electron chi connectivity index (χ0n) is 13.0. The second kappa shape index (κ2) is 6.71. The van der Waals surface area contributed by atoms with Gasteiger partial charge in [0.25, 0.3) is 0 Å². The van der Waals surface area contributed by atoms with E-state index in [0.29, 0.717) is 5.92 Å². The maximum atomic E-state index is 6.28. The monoisotopic (exact) mass is 514 g/mol.